The van der Waals surface area contributed by atoms with Crippen molar-refractivity contribution < 1.29 is 14.3 Å². The van der Waals surface area contributed by atoms with Gasteiger partial charge in [0.05, 0.1) is 6.61 Å². The van der Waals surface area contributed by atoms with Crippen LogP contribution in [0.25, 0.3) is 0 Å². The summed E-state index contributed by atoms with van der Waals surface area (Å²) in [5, 5.41) is 0. The van der Waals surface area contributed by atoms with Crippen LogP contribution in [0, 0.1) is 0 Å². The number of carbonyl (C=O) groups excluding carboxylic acids is 1. The van der Waals surface area contributed by atoms with Crippen molar-refractivity contribution in [1.82, 2.24) is 4.90 Å². The second-order valence-corrected chi connectivity index (χ2v) is 3.80. The highest BCUT2D eigenvalue weighted by molar-refractivity contribution is 5.81. The summed E-state index contributed by atoms with van der Waals surface area (Å²) in [6.45, 7) is 3.04. The summed E-state index contributed by atoms with van der Waals surface area (Å²) in [5.74, 6) is 0.248. The molecule has 0 N–H and O–H groups in total. The highest BCUT2D eigenvalue weighted by Gasteiger charge is 2.23. The summed E-state index contributed by atoms with van der Waals surface area (Å²) in [4.78, 5) is 12.8. The van der Waals surface area contributed by atoms with E-state index in [0.717, 1.165) is 32.5 Å². The van der Waals surface area contributed by atoms with Gasteiger partial charge in [-0.25, -0.2) is 0 Å². The number of ether oxygens (including phenoxy) is 2. The maximum atomic E-state index is 11.0. The average molecular weight is 199 g/mol. The van der Waals surface area contributed by atoms with Gasteiger partial charge in [0.1, 0.15) is 0 Å². The quantitative estimate of drug-likeness (QED) is 0.627. The first kappa shape index (κ1) is 9.93. The van der Waals surface area contributed by atoms with Crippen LogP contribution in [0.4, 0.5) is 0 Å². The molecular weight excluding hydrogens is 182 g/mol. The fourth-order valence-electron chi connectivity index (χ4n) is 1.73. The SMILES string of the molecule is O=C1CCN1CCOC1CCCCO1. The summed E-state index contributed by atoms with van der Waals surface area (Å²) in [5.41, 5.74) is 0. The number of carbonyl (C=O) groups is 1. The van der Waals surface area contributed by atoms with Crippen LogP contribution < -0.4 is 0 Å². The molecule has 4 heteroatoms. The molecule has 1 unspecified atom stereocenters. The van der Waals surface area contributed by atoms with Gasteiger partial charge in [-0.15, -0.1) is 0 Å². The van der Waals surface area contributed by atoms with Crippen LogP contribution in [0.2, 0.25) is 0 Å². The number of hydrogen-bond acceptors (Lipinski definition) is 3. The smallest absolute Gasteiger partial charge is 0.224 e. The number of nitrogens with zero attached hydrogens (tertiary/aromatic N) is 1. The highest BCUT2D eigenvalue weighted by atomic mass is 16.7. The van der Waals surface area contributed by atoms with Crippen LogP contribution in [0.15, 0.2) is 0 Å². The van der Waals surface area contributed by atoms with E-state index in [9.17, 15) is 4.79 Å². The molecule has 0 saturated carbocycles. The molecule has 0 aliphatic carbocycles. The number of amides is 1. The monoisotopic (exact) mass is 199 g/mol. The molecule has 0 aromatic heterocycles. The summed E-state index contributed by atoms with van der Waals surface area (Å²) in [6, 6.07) is 0. The van der Waals surface area contributed by atoms with E-state index >= 15 is 0 Å². The Morgan fingerprint density at radius 2 is 2.43 bits per heavy atom. The Kier molecular flexibility index (Phi) is 3.37. The third kappa shape index (κ3) is 2.45. The second kappa shape index (κ2) is 4.75. The van der Waals surface area contributed by atoms with Crippen LogP contribution in [0.5, 0.6) is 0 Å². The Morgan fingerprint density at radius 1 is 1.50 bits per heavy atom. The van der Waals surface area contributed by atoms with E-state index in [1.54, 1.807) is 0 Å². The Balaban J connectivity index is 1.55. The first-order chi connectivity index (χ1) is 6.86. The first-order valence-corrected chi connectivity index (χ1v) is 5.37. The summed E-state index contributed by atoms with van der Waals surface area (Å²) in [7, 11) is 0. The lowest BCUT2D eigenvalue weighted by Crippen LogP contribution is -2.45. The van der Waals surface area contributed by atoms with E-state index in [1.807, 2.05) is 4.90 Å². The predicted octanol–water partition coefficient (Wildman–Crippen LogP) is 0.762. The molecule has 14 heavy (non-hydrogen) atoms. The lowest BCUT2D eigenvalue weighted by molar-refractivity contribution is -0.168. The van der Waals surface area contributed by atoms with Crippen molar-refractivity contribution in [1.29, 1.82) is 0 Å². The molecule has 0 spiro atoms. The molecule has 2 saturated heterocycles. The van der Waals surface area contributed by atoms with Gasteiger partial charge in [-0.05, 0) is 19.3 Å². The van der Waals surface area contributed by atoms with E-state index < -0.39 is 0 Å². The maximum absolute atomic E-state index is 11.0. The molecule has 2 rings (SSSR count). The minimum atomic E-state index is -0.0277. The lowest BCUT2D eigenvalue weighted by atomic mass is 10.2. The van der Waals surface area contributed by atoms with Gasteiger partial charge in [-0.2, -0.15) is 0 Å². The van der Waals surface area contributed by atoms with Gasteiger partial charge < -0.3 is 14.4 Å². The largest absolute Gasteiger partial charge is 0.353 e. The van der Waals surface area contributed by atoms with Gasteiger partial charge in [-0.3, -0.25) is 4.79 Å². The third-order valence-electron chi connectivity index (χ3n) is 2.75. The lowest BCUT2D eigenvalue weighted by Gasteiger charge is -2.31. The van der Waals surface area contributed by atoms with Gasteiger partial charge in [0.15, 0.2) is 6.29 Å². The van der Waals surface area contributed by atoms with E-state index in [4.69, 9.17) is 9.47 Å². The van der Waals surface area contributed by atoms with Crippen molar-refractivity contribution in [3.8, 4) is 0 Å². The summed E-state index contributed by atoms with van der Waals surface area (Å²) in [6.07, 6.45) is 4.01. The van der Waals surface area contributed by atoms with E-state index in [-0.39, 0.29) is 12.2 Å². The Hall–Kier alpha value is -0.610. The highest BCUT2D eigenvalue weighted by Crippen LogP contribution is 2.14. The Labute approximate surface area is 84.2 Å². The zero-order valence-electron chi connectivity index (χ0n) is 8.41. The molecule has 80 valence electrons. The molecule has 1 amide bonds. The van der Waals surface area contributed by atoms with E-state index in [2.05, 4.69) is 0 Å². The topological polar surface area (TPSA) is 38.8 Å². The van der Waals surface area contributed by atoms with Crippen LogP contribution >= 0.6 is 0 Å². The third-order valence-corrected chi connectivity index (χ3v) is 2.75. The van der Waals surface area contributed by atoms with Crippen LogP contribution in [0.1, 0.15) is 25.7 Å². The average Bonchev–Trinajstić information content (AvgIpc) is 2.24. The second-order valence-electron chi connectivity index (χ2n) is 3.80. The minimum Gasteiger partial charge on any atom is -0.353 e. The zero-order chi connectivity index (χ0) is 9.80. The number of hydrogen-bond donors (Lipinski definition) is 0. The predicted molar refractivity (Wildman–Crippen MR) is 50.7 cm³/mol. The van der Waals surface area contributed by atoms with Crippen LogP contribution in [-0.2, 0) is 14.3 Å². The number of likely N-dealkylation sites (tertiary alicyclic amines) is 1. The van der Waals surface area contributed by atoms with Crippen molar-refractivity contribution in [2.24, 2.45) is 0 Å². The van der Waals surface area contributed by atoms with Crippen LogP contribution in [0.3, 0.4) is 0 Å². The van der Waals surface area contributed by atoms with E-state index in [1.165, 1.54) is 6.42 Å². The molecule has 4 nitrogen and oxygen atoms in total. The molecule has 0 radical (unpaired) electrons. The van der Waals surface area contributed by atoms with Crippen molar-refractivity contribution in [3.05, 3.63) is 0 Å². The molecule has 0 aromatic carbocycles. The summed E-state index contributed by atoms with van der Waals surface area (Å²) < 4.78 is 10.9. The molecule has 0 bridgehead atoms. The molecule has 2 aliphatic heterocycles. The first-order valence-electron chi connectivity index (χ1n) is 5.37. The van der Waals surface area contributed by atoms with Crippen molar-refractivity contribution in [3.63, 3.8) is 0 Å². The fraction of sp³-hybridized carbons (Fsp3) is 0.900. The number of rotatable bonds is 4. The van der Waals surface area contributed by atoms with Gasteiger partial charge in [0.25, 0.3) is 0 Å². The normalized spacial score (nSPS) is 27.6. The molecule has 0 aromatic rings. The zero-order valence-corrected chi connectivity index (χ0v) is 8.41. The molecule has 2 aliphatic rings. The Bertz CT molecular complexity index is 202. The number of β-lactam (4-membered cyclic amide) rings is 1. The molecule has 1 atom stereocenters. The van der Waals surface area contributed by atoms with E-state index in [0.29, 0.717) is 13.0 Å². The standard InChI is InChI=1S/C10H17NO3/c12-9-4-5-11(9)6-8-14-10-3-1-2-7-13-10/h10H,1-8H2. The summed E-state index contributed by atoms with van der Waals surface area (Å²) >= 11 is 0. The molecule has 2 fully saturated rings. The van der Waals surface area contributed by atoms with Gasteiger partial charge >= 0.3 is 0 Å². The minimum absolute atomic E-state index is 0.0277. The van der Waals surface area contributed by atoms with Gasteiger partial charge in [0.2, 0.25) is 5.91 Å². The van der Waals surface area contributed by atoms with Crippen LogP contribution in [-0.4, -0.2) is 43.4 Å². The fourth-order valence-corrected chi connectivity index (χ4v) is 1.73. The van der Waals surface area contributed by atoms with Crippen molar-refractivity contribution in [2.75, 3.05) is 26.3 Å². The molecular formula is C10H17NO3. The maximum Gasteiger partial charge on any atom is 0.224 e. The van der Waals surface area contributed by atoms with Gasteiger partial charge in [-0.1, -0.05) is 0 Å². The van der Waals surface area contributed by atoms with Gasteiger partial charge in [0, 0.05) is 26.1 Å². The van der Waals surface area contributed by atoms with Crippen molar-refractivity contribution in [2.45, 2.75) is 32.0 Å². The van der Waals surface area contributed by atoms with Crippen molar-refractivity contribution >= 4 is 5.91 Å². The molecule has 2 heterocycles. The Morgan fingerprint density at radius 3 is 3.00 bits per heavy atom.